The number of ether oxygens (including phenoxy) is 1. The molecule has 1 saturated carbocycles. The second kappa shape index (κ2) is 6.12. The Morgan fingerprint density at radius 1 is 1.37 bits per heavy atom. The summed E-state index contributed by atoms with van der Waals surface area (Å²) in [5.41, 5.74) is 0.945. The van der Waals surface area contributed by atoms with Crippen LogP contribution in [-0.4, -0.2) is 22.6 Å². The summed E-state index contributed by atoms with van der Waals surface area (Å²) in [7, 11) is 0. The highest BCUT2D eigenvalue weighted by atomic mass is 32.1. The first-order valence-corrected chi connectivity index (χ1v) is 7.47. The van der Waals surface area contributed by atoms with Crippen LogP contribution in [0.2, 0.25) is 0 Å². The van der Waals surface area contributed by atoms with Gasteiger partial charge in [0.05, 0.1) is 18.5 Å². The van der Waals surface area contributed by atoms with Crippen LogP contribution in [0.1, 0.15) is 23.4 Å². The van der Waals surface area contributed by atoms with Crippen molar-refractivity contribution in [3.8, 4) is 5.88 Å². The Bertz CT molecular complexity index is 511. The fourth-order valence-corrected chi connectivity index (χ4v) is 2.48. The van der Waals surface area contributed by atoms with Gasteiger partial charge in [0, 0.05) is 30.1 Å². The van der Waals surface area contributed by atoms with Crippen LogP contribution in [0.5, 0.6) is 5.88 Å². The van der Waals surface area contributed by atoms with Gasteiger partial charge in [0.1, 0.15) is 0 Å². The molecule has 0 amide bonds. The second-order valence-electron chi connectivity index (χ2n) is 4.68. The van der Waals surface area contributed by atoms with E-state index in [2.05, 4.69) is 32.8 Å². The zero-order valence-electron chi connectivity index (χ0n) is 10.7. The van der Waals surface area contributed by atoms with E-state index in [4.69, 9.17) is 4.74 Å². The average molecular weight is 275 g/mol. The maximum absolute atomic E-state index is 5.65. The highest BCUT2D eigenvalue weighted by Gasteiger charge is 2.20. The van der Waals surface area contributed by atoms with Crippen LogP contribution in [0.4, 0.5) is 0 Å². The smallest absolute Gasteiger partial charge is 0.232 e. The van der Waals surface area contributed by atoms with Crippen LogP contribution >= 0.6 is 11.3 Å². The second-order valence-corrected chi connectivity index (χ2v) is 5.71. The lowest BCUT2D eigenvalue weighted by Crippen LogP contribution is -2.16. The predicted octanol–water partition coefficient (Wildman–Crippen LogP) is 2.41. The first-order valence-electron chi connectivity index (χ1n) is 6.59. The number of nitrogens with one attached hydrogen (secondary N) is 1. The molecule has 0 bridgehead atoms. The predicted molar refractivity (Wildman–Crippen MR) is 75.4 cm³/mol. The summed E-state index contributed by atoms with van der Waals surface area (Å²) in [6, 6.07) is 4.87. The molecule has 19 heavy (non-hydrogen) atoms. The molecule has 0 aromatic carbocycles. The van der Waals surface area contributed by atoms with E-state index in [9.17, 15) is 0 Å². The molecule has 0 spiro atoms. The molecule has 1 N–H and O–H groups in total. The minimum Gasteiger partial charge on any atom is -0.476 e. The van der Waals surface area contributed by atoms with Crippen LogP contribution in [0, 0.1) is 0 Å². The number of nitrogens with zero attached hydrogens (tertiary/aromatic N) is 2. The number of aromatic nitrogens is 2. The summed E-state index contributed by atoms with van der Waals surface area (Å²) in [4.78, 5) is 9.95. The Labute approximate surface area is 116 Å². The van der Waals surface area contributed by atoms with Crippen molar-refractivity contribution < 1.29 is 4.74 Å². The minimum absolute atomic E-state index is 0.617. The lowest BCUT2D eigenvalue weighted by atomic mass is 10.4. The summed E-state index contributed by atoms with van der Waals surface area (Å²) < 4.78 is 5.65. The molecule has 100 valence electrons. The maximum Gasteiger partial charge on any atom is 0.232 e. The maximum atomic E-state index is 5.65. The Morgan fingerprint density at radius 2 is 2.32 bits per heavy atom. The highest BCUT2D eigenvalue weighted by Crippen LogP contribution is 2.19. The van der Waals surface area contributed by atoms with E-state index < -0.39 is 0 Å². The highest BCUT2D eigenvalue weighted by molar-refractivity contribution is 7.09. The zero-order chi connectivity index (χ0) is 12.9. The average Bonchev–Trinajstić information content (AvgIpc) is 3.13. The zero-order valence-corrected chi connectivity index (χ0v) is 11.5. The van der Waals surface area contributed by atoms with Gasteiger partial charge < -0.3 is 10.1 Å². The molecule has 2 heterocycles. The molecule has 4 nitrogen and oxygen atoms in total. The fourth-order valence-electron chi connectivity index (χ4n) is 1.79. The van der Waals surface area contributed by atoms with Crippen LogP contribution in [-0.2, 0) is 13.0 Å². The topological polar surface area (TPSA) is 47.0 Å². The third-order valence-corrected chi connectivity index (χ3v) is 3.93. The quantitative estimate of drug-likeness (QED) is 0.843. The van der Waals surface area contributed by atoms with Crippen molar-refractivity contribution in [3.63, 3.8) is 0 Å². The van der Waals surface area contributed by atoms with Crippen molar-refractivity contribution in [2.75, 3.05) is 6.61 Å². The molecular weight excluding hydrogens is 258 g/mol. The number of rotatable bonds is 7. The third kappa shape index (κ3) is 4.01. The van der Waals surface area contributed by atoms with Gasteiger partial charge in [-0.05, 0) is 24.3 Å². The first-order chi connectivity index (χ1) is 9.40. The van der Waals surface area contributed by atoms with Crippen LogP contribution in [0.25, 0.3) is 0 Å². The molecular formula is C14H17N3OS. The first kappa shape index (κ1) is 12.6. The molecule has 0 unspecified atom stereocenters. The van der Waals surface area contributed by atoms with Gasteiger partial charge in [0.2, 0.25) is 5.88 Å². The van der Waals surface area contributed by atoms with Crippen LogP contribution < -0.4 is 10.1 Å². The van der Waals surface area contributed by atoms with E-state index in [1.165, 1.54) is 17.7 Å². The van der Waals surface area contributed by atoms with Crippen molar-refractivity contribution in [3.05, 3.63) is 40.5 Å². The SMILES string of the molecule is c1csc(CCOc2cncc(CNC3CC3)n2)c1. The van der Waals surface area contributed by atoms with Crippen molar-refractivity contribution in [2.24, 2.45) is 0 Å². The van der Waals surface area contributed by atoms with Crippen LogP contribution in [0.15, 0.2) is 29.9 Å². The van der Waals surface area contributed by atoms with Crippen LogP contribution in [0.3, 0.4) is 0 Å². The summed E-state index contributed by atoms with van der Waals surface area (Å²) in [5.74, 6) is 0.617. The summed E-state index contributed by atoms with van der Waals surface area (Å²) in [6.45, 7) is 1.43. The molecule has 1 aliphatic rings. The third-order valence-electron chi connectivity index (χ3n) is 2.99. The van der Waals surface area contributed by atoms with E-state index in [1.54, 1.807) is 23.7 Å². The molecule has 5 heteroatoms. The number of hydrogen-bond acceptors (Lipinski definition) is 5. The molecule has 0 aliphatic heterocycles. The molecule has 2 aromatic heterocycles. The Balaban J connectivity index is 1.47. The molecule has 2 aromatic rings. The van der Waals surface area contributed by atoms with Gasteiger partial charge in [-0.3, -0.25) is 4.98 Å². The number of hydrogen-bond donors (Lipinski definition) is 1. The van der Waals surface area contributed by atoms with Gasteiger partial charge in [-0.25, -0.2) is 4.98 Å². The molecule has 0 radical (unpaired) electrons. The summed E-state index contributed by atoms with van der Waals surface area (Å²) in [5, 5.41) is 5.50. The molecule has 1 aliphatic carbocycles. The van der Waals surface area contributed by atoms with E-state index in [0.717, 1.165) is 18.7 Å². The Hall–Kier alpha value is -1.46. The number of thiophene rings is 1. The standard InChI is InChI=1S/C14H17N3OS/c1-2-13(19-7-1)5-6-18-14-10-15-8-12(17-14)9-16-11-3-4-11/h1-2,7-8,10-11,16H,3-6,9H2. The largest absolute Gasteiger partial charge is 0.476 e. The molecule has 0 atom stereocenters. The van der Waals surface area contributed by atoms with Gasteiger partial charge in [-0.1, -0.05) is 6.07 Å². The van der Waals surface area contributed by atoms with Gasteiger partial charge in [0.15, 0.2) is 0 Å². The molecule has 3 rings (SSSR count). The summed E-state index contributed by atoms with van der Waals surface area (Å²) >= 11 is 1.75. The van der Waals surface area contributed by atoms with Crippen molar-refractivity contribution in [2.45, 2.75) is 31.8 Å². The van der Waals surface area contributed by atoms with Gasteiger partial charge in [0.25, 0.3) is 0 Å². The lowest BCUT2D eigenvalue weighted by molar-refractivity contribution is 0.307. The van der Waals surface area contributed by atoms with Crippen molar-refractivity contribution in [1.29, 1.82) is 0 Å². The summed E-state index contributed by atoms with van der Waals surface area (Å²) in [6.07, 6.45) is 6.95. The lowest BCUT2D eigenvalue weighted by Gasteiger charge is -2.06. The monoisotopic (exact) mass is 275 g/mol. The molecule has 1 fully saturated rings. The normalized spacial score (nSPS) is 14.5. The van der Waals surface area contributed by atoms with Gasteiger partial charge >= 0.3 is 0 Å². The van der Waals surface area contributed by atoms with Crippen molar-refractivity contribution >= 4 is 11.3 Å². The van der Waals surface area contributed by atoms with Gasteiger partial charge in [-0.15, -0.1) is 11.3 Å². The Morgan fingerprint density at radius 3 is 3.11 bits per heavy atom. The van der Waals surface area contributed by atoms with E-state index in [0.29, 0.717) is 18.5 Å². The van der Waals surface area contributed by atoms with E-state index in [1.807, 2.05) is 0 Å². The van der Waals surface area contributed by atoms with E-state index in [-0.39, 0.29) is 0 Å². The van der Waals surface area contributed by atoms with Gasteiger partial charge in [-0.2, -0.15) is 0 Å². The van der Waals surface area contributed by atoms with E-state index >= 15 is 0 Å². The fraction of sp³-hybridized carbons (Fsp3) is 0.429. The molecule has 0 saturated heterocycles. The Kier molecular flexibility index (Phi) is 4.05. The van der Waals surface area contributed by atoms with Crippen molar-refractivity contribution in [1.82, 2.24) is 15.3 Å². The minimum atomic E-state index is 0.617.